The highest BCUT2D eigenvalue weighted by Crippen LogP contribution is 2.54. The maximum Gasteiger partial charge on any atom is 0.415 e. The monoisotopic (exact) mass is 681 g/mol. The molecule has 14 nitrogen and oxygen atoms in total. The van der Waals surface area contributed by atoms with Gasteiger partial charge >= 0.3 is 12.1 Å². The maximum atomic E-state index is 13.9. The molecule has 0 saturated heterocycles. The van der Waals surface area contributed by atoms with Gasteiger partial charge in [-0.05, 0) is 39.8 Å². The van der Waals surface area contributed by atoms with Gasteiger partial charge in [-0.15, -0.1) is 0 Å². The van der Waals surface area contributed by atoms with E-state index in [1.165, 1.54) is 12.1 Å². The number of alkyl carbamates (subject to hydrolysis) is 1. The Morgan fingerprint density at radius 1 is 0.920 bits per heavy atom. The lowest BCUT2D eigenvalue weighted by Gasteiger charge is -2.52. The Balaban J connectivity index is 1.09. The lowest BCUT2D eigenvalue weighted by Crippen LogP contribution is -2.72. The molecular weight excluding hydrogens is 650 g/mol. The lowest BCUT2D eigenvalue weighted by atomic mass is 9.50. The van der Waals surface area contributed by atoms with Crippen LogP contribution < -0.4 is 16.4 Å². The smallest absolute Gasteiger partial charge is 0.415 e. The third kappa shape index (κ3) is 4.66. The number of aliphatic hydroxyl groups excluding tert-OH is 1. The molecule has 2 saturated carbocycles. The molecule has 0 bridgehead atoms. The summed E-state index contributed by atoms with van der Waals surface area (Å²) in [5.41, 5.74) is 5.57. The number of hydrogen-bond donors (Lipinski definition) is 6. The Labute approximate surface area is 283 Å². The zero-order valence-corrected chi connectivity index (χ0v) is 26.4. The van der Waals surface area contributed by atoms with Crippen molar-refractivity contribution >= 4 is 46.9 Å². The van der Waals surface area contributed by atoms with Crippen molar-refractivity contribution < 1.29 is 53.6 Å². The molecule has 0 heterocycles. The second-order valence-electron chi connectivity index (χ2n) is 13.1. The van der Waals surface area contributed by atoms with Crippen LogP contribution in [0.5, 0.6) is 5.75 Å². The highest BCUT2D eigenvalue weighted by Gasteiger charge is 2.69. The second kappa shape index (κ2) is 11.7. The molecule has 3 aromatic rings. The van der Waals surface area contributed by atoms with Crippen LogP contribution >= 0.6 is 0 Å². The molecular formula is C36H31N3O11. The number of ketones is 4. The average Bonchev–Trinajstić information content (AvgIpc) is 3.40. The number of benzene rings is 3. The molecule has 0 radical (unpaired) electrons. The minimum absolute atomic E-state index is 0.0733. The van der Waals surface area contributed by atoms with E-state index in [0.29, 0.717) is 0 Å². The number of anilines is 1. The van der Waals surface area contributed by atoms with Gasteiger partial charge in [0.15, 0.2) is 34.7 Å². The van der Waals surface area contributed by atoms with Crippen LogP contribution in [-0.4, -0.2) is 74.8 Å². The van der Waals surface area contributed by atoms with E-state index in [1.54, 1.807) is 6.92 Å². The molecule has 7 atom stereocenters. The minimum Gasteiger partial charge on any atom is -0.505 e. The molecule has 50 heavy (non-hydrogen) atoms. The summed E-state index contributed by atoms with van der Waals surface area (Å²) in [6.07, 6.45) is -3.49. The number of phenols is 1. The van der Waals surface area contributed by atoms with Crippen LogP contribution in [0.4, 0.5) is 15.3 Å². The summed E-state index contributed by atoms with van der Waals surface area (Å²) in [5, 5.41) is 38.2. The number of imide groups is 1. The number of amides is 4. The number of hydrogen-bond acceptors (Lipinski definition) is 11. The van der Waals surface area contributed by atoms with Crippen molar-refractivity contribution in [3.8, 4) is 16.9 Å². The quantitative estimate of drug-likeness (QED) is 0.172. The fraction of sp³-hybridized carbons (Fsp3) is 0.306. The van der Waals surface area contributed by atoms with Crippen molar-refractivity contribution in [3.63, 3.8) is 0 Å². The Morgan fingerprint density at radius 2 is 1.54 bits per heavy atom. The average molecular weight is 682 g/mol. The maximum absolute atomic E-state index is 13.9. The zero-order valence-electron chi connectivity index (χ0n) is 26.4. The Bertz CT molecular complexity index is 2010. The van der Waals surface area contributed by atoms with Crippen molar-refractivity contribution in [1.82, 2.24) is 5.32 Å². The lowest BCUT2D eigenvalue weighted by molar-refractivity contribution is -0.189. The van der Waals surface area contributed by atoms with Gasteiger partial charge in [0.1, 0.15) is 12.4 Å². The van der Waals surface area contributed by atoms with E-state index in [9.17, 15) is 48.9 Å². The predicted molar refractivity (Wildman–Crippen MR) is 172 cm³/mol. The summed E-state index contributed by atoms with van der Waals surface area (Å²) < 4.78 is 5.38. The molecule has 4 aliphatic rings. The minimum atomic E-state index is -3.06. The number of rotatable bonds is 4. The summed E-state index contributed by atoms with van der Waals surface area (Å²) in [4.78, 5) is 90.9. The largest absolute Gasteiger partial charge is 0.505 e. The molecule has 2 unspecified atom stereocenters. The van der Waals surface area contributed by atoms with Crippen LogP contribution in [0.25, 0.3) is 11.1 Å². The van der Waals surface area contributed by atoms with Gasteiger partial charge < -0.3 is 31.1 Å². The van der Waals surface area contributed by atoms with Crippen LogP contribution in [0.3, 0.4) is 0 Å². The number of aliphatic hydroxyl groups is 2. The van der Waals surface area contributed by atoms with E-state index in [2.05, 4.69) is 5.32 Å². The number of carbonyl (C=O) groups is 7. The van der Waals surface area contributed by atoms with Crippen LogP contribution in [0.1, 0.15) is 52.2 Å². The Hall–Kier alpha value is -5.73. The van der Waals surface area contributed by atoms with Crippen molar-refractivity contribution in [2.75, 3.05) is 11.9 Å². The molecule has 7 rings (SSSR count). The fourth-order valence-electron chi connectivity index (χ4n) is 8.34. The number of phenolic OH excluding ortho intramolecular Hbond substituents is 1. The number of aromatic hydroxyl groups is 1. The summed E-state index contributed by atoms with van der Waals surface area (Å²) in [6, 6.07) is 16.9. The first kappa shape index (κ1) is 32.8. The van der Waals surface area contributed by atoms with Gasteiger partial charge in [0.25, 0.3) is 0 Å². The van der Waals surface area contributed by atoms with Crippen LogP contribution in [0.15, 0.2) is 60.7 Å². The first-order valence-electron chi connectivity index (χ1n) is 15.9. The standard InChI is InChI=1S/C36H31N3O11/c1-14-15-10-11-22(38-34(47)39-35(48)50-13-20-18-8-4-2-6-16(18)17-7-3-5-9-19(17)20)29(42)25(15)30(43)27-24(14)28(41)21-12-23(40)26(33(37)46)31(44)36(21,49)32(27)45/h2-11,14,20-21,24,26-28,41-42,49H,12-13H2,1H3,(H2,37,46)(H2,38,39,47,48)/t14-,21+,24+,26?,27?,28+,36+/m0/s1. The molecule has 4 amide bonds. The van der Waals surface area contributed by atoms with Gasteiger partial charge in [-0.2, -0.15) is 0 Å². The van der Waals surface area contributed by atoms with Gasteiger partial charge in [0.05, 0.1) is 23.3 Å². The van der Waals surface area contributed by atoms with Gasteiger partial charge in [0.2, 0.25) is 5.91 Å². The van der Waals surface area contributed by atoms with Crippen LogP contribution in [0, 0.1) is 23.7 Å². The molecule has 7 N–H and O–H groups in total. The third-order valence-electron chi connectivity index (χ3n) is 10.7. The van der Waals surface area contributed by atoms with E-state index >= 15 is 0 Å². The number of nitrogens with one attached hydrogen (secondary N) is 2. The summed E-state index contributed by atoms with van der Waals surface area (Å²) in [5.74, 6) is -14.9. The SMILES string of the molecule is C[C@H]1c2ccc(NC(=O)NC(=O)OCC3c4ccccc4-c4ccccc43)c(O)c2C(=O)C2C(=O)[C@]3(O)C(=O)C(C(N)=O)C(=O)C[C@@H]3[C@@H](O)[C@@H]21. The zero-order chi connectivity index (χ0) is 35.8. The highest BCUT2D eigenvalue weighted by atomic mass is 16.5. The Morgan fingerprint density at radius 3 is 2.16 bits per heavy atom. The van der Waals surface area contributed by atoms with E-state index in [1.807, 2.05) is 53.8 Å². The number of nitrogens with two attached hydrogens (primary N) is 1. The number of ether oxygens (including phenoxy) is 1. The van der Waals surface area contributed by atoms with E-state index in [-0.39, 0.29) is 23.8 Å². The number of Topliss-reactive ketones (excluding diaryl/α,β-unsaturated/α-hetero) is 4. The van der Waals surface area contributed by atoms with Gasteiger partial charge in [-0.1, -0.05) is 61.5 Å². The molecule has 0 spiro atoms. The first-order chi connectivity index (χ1) is 23.8. The topological polar surface area (TPSA) is 239 Å². The Kier molecular flexibility index (Phi) is 7.68. The summed E-state index contributed by atoms with van der Waals surface area (Å²) in [6.45, 7) is 1.48. The van der Waals surface area contributed by atoms with Gasteiger partial charge in [0, 0.05) is 24.2 Å². The number of primary amides is 1. The second-order valence-corrected chi connectivity index (χ2v) is 13.1. The number of carbonyl (C=O) groups excluding carboxylic acids is 7. The van der Waals surface area contributed by atoms with Crippen LogP contribution in [0.2, 0.25) is 0 Å². The van der Waals surface area contributed by atoms with Crippen LogP contribution in [-0.2, 0) is 23.9 Å². The summed E-state index contributed by atoms with van der Waals surface area (Å²) in [7, 11) is 0. The van der Waals surface area contributed by atoms with E-state index in [4.69, 9.17) is 10.5 Å². The van der Waals surface area contributed by atoms with Gasteiger partial charge in [-0.25, -0.2) is 14.9 Å². The molecule has 2 fully saturated rings. The molecule has 4 aliphatic carbocycles. The normalized spacial score (nSPS) is 28.1. The predicted octanol–water partition coefficient (Wildman–Crippen LogP) is 1.93. The highest BCUT2D eigenvalue weighted by molar-refractivity contribution is 6.31. The summed E-state index contributed by atoms with van der Waals surface area (Å²) >= 11 is 0. The van der Waals surface area contributed by atoms with E-state index < -0.39 is 100 Å². The van der Waals surface area contributed by atoms with Crippen molar-refractivity contribution in [2.45, 2.75) is 36.9 Å². The van der Waals surface area contributed by atoms with E-state index in [0.717, 1.165) is 22.3 Å². The third-order valence-corrected chi connectivity index (χ3v) is 10.7. The van der Waals surface area contributed by atoms with Gasteiger partial charge in [-0.3, -0.25) is 24.0 Å². The van der Waals surface area contributed by atoms with Crippen molar-refractivity contribution in [1.29, 1.82) is 0 Å². The number of fused-ring (bicyclic) bond motifs is 6. The molecule has 0 aliphatic heterocycles. The van der Waals surface area contributed by atoms with Crippen molar-refractivity contribution in [3.05, 3.63) is 82.9 Å². The molecule has 256 valence electrons. The number of urea groups is 1. The molecule has 0 aromatic heterocycles. The first-order valence-corrected chi connectivity index (χ1v) is 15.9. The fourth-order valence-corrected chi connectivity index (χ4v) is 8.34. The molecule has 3 aromatic carbocycles. The van der Waals surface area contributed by atoms with Crippen molar-refractivity contribution in [2.24, 2.45) is 29.4 Å². The molecule has 14 heteroatoms.